The van der Waals surface area contributed by atoms with E-state index in [1.54, 1.807) is 50.2 Å². The fourth-order valence-corrected chi connectivity index (χ4v) is 4.48. The van der Waals surface area contributed by atoms with E-state index < -0.39 is 50.5 Å². The fourth-order valence-electron chi connectivity index (χ4n) is 4.06. The summed E-state index contributed by atoms with van der Waals surface area (Å²) in [5, 5.41) is 28.1. The molecule has 1 aliphatic heterocycles. The van der Waals surface area contributed by atoms with Crippen LogP contribution >= 0.6 is 23.2 Å². The second-order valence-corrected chi connectivity index (χ2v) is 7.38. The summed E-state index contributed by atoms with van der Waals surface area (Å²) < 4.78 is 5.17. The number of carbonyl (C=O) groups is 2. The van der Waals surface area contributed by atoms with Crippen molar-refractivity contribution in [2.75, 3.05) is 11.5 Å². The van der Waals surface area contributed by atoms with Crippen LogP contribution < -0.4 is 4.90 Å². The van der Waals surface area contributed by atoms with Crippen LogP contribution in [0.15, 0.2) is 51.7 Å². The van der Waals surface area contributed by atoms with Crippen molar-refractivity contribution in [1.82, 2.24) is 0 Å². The molecule has 1 aromatic rings. The number of esters is 1. The third kappa shape index (κ3) is 2.75. The van der Waals surface area contributed by atoms with Crippen molar-refractivity contribution in [2.45, 2.75) is 19.9 Å². The molecule has 1 fully saturated rings. The maximum Gasteiger partial charge on any atom is 0.312 e. The van der Waals surface area contributed by atoms with Crippen molar-refractivity contribution >= 4 is 46.5 Å². The van der Waals surface area contributed by atoms with Gasteiger partial charge >= 0.3 is 5.97 Å². The molecule has 0 amide bonds. The molecule has 0 bridgehead atoms. The lowest BCUT2D eigenvalue weighted by Crippen LogP contribution is -2.50. The molecule has 2 unspecified atom stereocenters. The average Bonchev–Trinajstić information content (AvgIpc) is 2.94. The molecular formula is C20H17Cl2N3O4. The smallest absolute Gasteiger partial charge is 0.312 e. The largest absolute Gasteiger partial charge is 0.505 e. The van der Waals surface area contributed by atoms with Crippen LogP contribution in [0.25, 0.3) is 0 Å². The molecule has 3 rings (SSSR count). The second kappa shape index (κ2) is 7.54. The van der Waals surface area contributed by atoms with E-state index >= 15 is 0 Å². The summed E-state index contributed by atoms with van der Waals surface area (Å²) in [5.74, 6) is -4.05. The number of ketones is 1. The third-order valence-corrected chi connectivity index (χ3v) is 6.07. The zero-order chi connectivity index (χ0) is 21.5. The van der Waals surface area contributed by atoms with Gasteiger partial charge in [0.15, 0.2) is 11.5 Å². The highest BCUT2D eigenvalue weighted by Crippen LogP contribution is 2.55. The van der Waals surface area contributed by atoms with Crippen molar-refractivity contribution in [3.8, 4) is 6.07 Å². The van der Waals surface area contributed by atoms with Crippen LogP contribution in [-0.4, -0.2) is 35.3 Å². The first kappa shape index (κ1) is 20.9. The summed E-state index contributed by atoms with van der Waals surface area (Å²) in [4.78, 5) is 27.8. The van der Waals surface area contributed by atoms with E-state index in [-0.39, 0.29) is 12.4 Å². The van der Waals surface area contributed by atoms with Gasteiger partial charge in [-0.25, -0.2) is 0 Å². The highest BCUT2D eigenvalue weighted by atomic mass is 35.5. The van der Waals surface area contributed by atoms with Gasteiger partial charge in [0, 0.05) is 11.7 Å². The normalized spacial score (nSPS) is 26.9. The number of carbonyl (C=O) groups excluding carboxylic acids is 2. The van der Waals surface area contributed by atoms with Crippen molar-refractivity contribution in [3.05, 3.63) is 51.7 Å². The lowest BCUT2D eigenvalue weighted by Gasteiger charge is -2.34. The van der Waals surface area contributed by atoms with Crippen LogP contribution in [0.1, 0.15) is 13.8 Å². The fraction of sp³-hybridized carbons (Fsp3) is 0.300. The van der Waals surface area contributed by atoms with Gasteiger partial charge in [-0.2, -0.15) is 5.26 Å². The monoisotopic (exact) mass is 433 g/mol. The average molecular weight is 434 g/mol. The number of halogens is 2. The molecule has 7 nitrogen and oxygen atoms in total. The standard InChI is InChI=1S/C20H17Cl2N3O4/c1-3-29-18(28)13-10(2)25(11-7-5-4-6-8-11)19(24)20(13)12(9-23)16(26)14(21)15(22)17(20)27/h4-8,10,13,24,26H,3H2,1-2H3/t10?,13?,20-/m0/s1. The minimum atomic E-state index is -2.14. The number of aliphatic hydroxyl groups is 1. The van der Waals surface area contributed by atoms with Crippen molar-refractivity contribution < 1.29 is 19.4 Å². The second-order valence-electron chi connectivity index (χ2n) is 6.62. The molecule has 3 atom stereocenters. The Balaban J connectivity index is 2.35. The highest BCUT2D eigenvalue weighted by molar-refractivity contribution is 6.52. The number of benzene rings is 1. The Morgan fingerprint density at radius 1 is 1.34 bits per heavy atom. The van der Waals surface area contributed by atoms with Gasteiger partial charge in [-0.1, -0.05) is 41.4 Å². The Hall–Kier alpha value is -2.82. The summed E-state index contributed by atoms with van der Waals surface area (Å²) >= 11 is 12.0. The number of anilines is 1. The molecule has 2 N–H and O–H groups in total. The summed E-state index contributed by atoms with van der Waals surface area (Å²) in [6.45, 7) is 3.29. The molecule has 1 spiro atoms. The maximum absolute atomic E-state index is 13.4. The molecular weight excluding hydrogens is 417 g/mol. The number of rotatable bonds is 3. The molecule has 0 aromatic heterocycles. The number of para-hydroxylation sites is 1. The van der Waals surface area contributed by atoms with E-state index in [2.05, 4.69) is 0 Å². The number of Topliss-reactive ketones (excluding diaryl/α,β-unsaturated/α-hetero) is 1. The molecule has 29 heavy (non-hydrogen) atoms. The van der Waals surface area contributed by atoms with Gasteiger partial charge in [0.2, 0.25) is 0 Å². The molecule has 2 aliphatic rings. The first-order valence-electron chi connectivity index (χ1n) is 8.79. The molecule has 1 saturated heterocycles. The predicted molar refractivity (Wildman–Crippen MR) is 108 cm³/mol. The number of allylic oxidation sites excluding steroid dienone is 2. The van der Waals surface area contributed by atoms with E-state index in [4.69, 9.17) is 33.3 Å². The zero-order valence-corrected chi connectivity index (χ0v) is 17.1. The Morgan fingerprint density at radius 3 is 2.52 bits per heavy atom. The summed E-state index contributed by atoms with van der Waals surface area (Å²) in [6, 6.07) is 9.71. The van der Waals surface area contributed by atoms with Crippen LogP contribution in [-0.2, 0) is 14.3 Å². The predicted octanol–water partition coefficient (Wildman–Crippen LogP) is 3.65. The molecule has 150 valence electrons. The number of ether oxygens (including phenoxy) is 1. The van der Waals surface area contributed by atoms with Crippen molar-refractivity contribution in [2.24, 2.45) is 11.3 Å². The molecule has 1 aliphatic carbocycles. The SMILES string of the molecule is CCOC(=O)C1C(C)N(c2ccccc2)C(=N)[C@]12C(=O)C(Cl)=C(Cl)C(O)=C2C#N. The number of nitrogens with zero attached hydrogens (tertiary/aromatic N) is 2. The van der Waals surface area contributed by atoms with E-state index in [9.17, 15) is 20.0 Å². The maximum atomic E-state index is 13.4. The molecule has 1 aromatic carbocycles. The Morgan fingerprint density at radius 2 is 1.97 bits per heavy atom. The Kier molecular flexibility index (Phi) is 5.44. The number of hydrogen-bond donors (Lipinski definition) is 2. The topological polar surface area (TPSA) is 114 Å². The third-order valence-electron chi connectivity index (χ3n) is 5.25. The van der Waals surface area contributed by atoms with Crippen LogP contribution in [0.4, 0.5) is 5.69 Å². The minimum absolute atomic E-state index is 0.0346. The van der Waals surface area contributed by atoms with Gasteiger partial charge < -0.3 is 14.7 Å². The number of hydrogen-bond acceptors (Lipinski definition) is 6. The first-order chi connectivity index (χ1) is 13.7. The quantitative estimate of drug-likeness (QED) is 0.702. The van der Waals surface area contributed by atoms with Crippen LogP contribution in [0.3, 0.4) is 0 Å². The van der Waals surface area contributed by atoms with Crippen LogP contribution in [0.2, 0.25) is 0 Å². The molecule has 1 heterocycles. The van der Waals surface area contributed by atoms with E-state index in [1.165, 1.54) is 4.90 Å². The van der Waals surface area contributed by atoms with Crippen molar-refractivity contribution in [3.63, 3.8) is 0 Å². The number of nitriles is 1. The van der Waals surface area contributed by atoms with E-state index in [0.717, 1.165) is 0 Å². The van der Waals surface area contributed by atoms with Gasteiger partial charge in [0.25, 0.3) is 0 Å². The highest BCUT2D eigenvalue weighted by Gasteiger charge is 2.68. The zero-order valence-electron chi connectivity index (χ0n) is 15.6. The first-order valence-corrected chi connectivity index (χ1v) is 9.54. The van der Waals surface area contributed by atoms with Crippen molar-refractivity contribution in [1.29, 1.82) is 10.7 Å². The molecule has 0 saturated carbocycles. The number of amidine groups is 1. The molecule has 9 heteroatoms. The number of aliphatic hydroxyl groups excluding tert-OH is 1. The lowest BCUT2D eigenvalue weighted by atomic mass is 9.64. The molecule has 0 radical (unpaired) electrons. The summed E-state index contributed by atoms with van der Waals surface area (Å²) in [5.41, 5.74) is -2.10. The summed E-state index contributed by atoms with van der Waals surface area (Å²) in [6.07, 6.45) is 0. The number of nitrogens with one attached hydrogen (secondary N) is 1. The minimum Gasteiger partial charge on any atom is -0.505 e. The van der Waals surface area contributed by atoms with Crippen LogP contribution in [0.5, 0.6) is 0 Å². The van der Waals surface area contributed by atoms with Gasteiger partial charge in [-0.15, -0.1) is 0 Å². The Labute approximate surface area is 177 Å². The van der Waals surface area contributed by atoms with Gasteiger partial charge in [-0.05, 0) is 26.0 Å². The Bertz CT molecular complexity index is 1010. The van der Waals surface area contributed by atoms with Gasteiger partial charge in [0.1, 0.15) is 33.3 Å². The van der Waals surface area contributed by atoms with Crippen LogP contribution in [0, 0.1) is 28.1 Å². The summed E-state index contributed by atoms with van der Waals surface area (Å²) in [7, 11) is 0. The lowest BCUT2D eigenvalue weighted by molar-refractivity contribution is -0.152. The van der Waals surface area contributed by atoms with E-state index in [1.807, 2.05) is 0 Å². The van der Waals surface area contributed by atoms with Gasteiger partial charge in [-0.3, -0.25) is 15.0 Å². The van der Waals surface area contributed by atoms with Gasteiger partial charge in [0.05, 0.1) is 12.2 Å². The van der Waals surface area contributed by atoms with E-state index in [0.29, 0.717) is 5.69 Å².